The molecule has 3 rings (SSSR count). The number of nitrogens with zero attached hydrogens (tertiary/aromatic N) is 1. The van der Waals surface area contributed by atoms with Crippen molar-refractivity contribution in [3.8, 4) is 0 Å². The molecule has 3 atom stereocenters. The number of benzene rings is 1. The van der Waals surface area contributed by atoms with E-state index in [2.05, 4.69) is 15.6 Å². The molecule has 7 heteroatoms. The molecule has 0 saturated heterocycles. The first-order valence-corrected chi connectivity index (χ1v) is 7.57. The number of hydrogen-bond donors (Lipinski definition) is 2. The molecule has 126 valence electrons. The van der Waals surface area contributed by atoms with E-state index in [1.54, 1.807) is 24.5 Å². The maximum Gasteiger partial charge on any atom is 0.315 e. The van der Waals surface area contributed by atoms with Crippen molar-refractivity contribution in [1.29, 1.82) is 0 Å². The summed E-state index contributed by atoms with van der Waals surface area (Å²) >= 11 is 0. The van der Waals surface area contributed by atoms with Crippen molar-refractivity contribution < 1.29 is 18.0 Å². The van der Waals surface area contributed by atoms with Crippen LogP contribution >= 0.6 is 0 Å². The summed E-state index contributed by atoms with van der Waals surface area (Å²) in [5, 5.41) is 5.54. The van der Waals surface area contributed by atoms with Gasteiger partial charge in [-0.25, -0.2) is 18.0 Å². The topological polar surface area (TPSA) is 54.0 Å². The van der Waals surface area contributed by atoms with E-state index < -0.39 is 17.5 Å². The number of urea groups is 1. The zero-order chi connectivity index (χ0) is 17.3. The van der Waals surface area contributed by atoms with E-state index in [1.165, 1.54) is 0 Å². The van der Waals surface area contributed by atoms with Gasteiger partial charge < -0.3 is 10.6 Å². The van der Waals surface area contributed by atoms with Crippen LogP contribution in [0.25, 0.3) is 0 Å². The molecule has 1 aliphatic rings. The van der Waals surface area contributed by atoms with E-state index in [4.69, 9.17) is 0 Å². The Bertz CT molecular complexity index is 731. The molecule has 24 heavy (non-hydrogen) atoms. The number of pyridine rings is 1. The van der Waals surface area contributed by atoms with Crippen LogP contribution in [0.4, 0.5) is 18.0 Å². The van der Waals surface area contributed by atoms with Gasteiger partial charge in [0.2, 0.25) is 0 Å². The van der Waals surface area contributed by atoms with Crippen molar-refractivity contribution in [3.05, 3.63) is 65.2 Å². The highest BCUT2D eigenvalue weighted by molar-refractivity contribution is 5.75. The van der Waals surface area contributed by atoms with Gasteiger partial charge in [-0.3, -0.25) is 4.98 Å². The molecular formula is C17H16F3N3O. The minimum atomic E-state index is -1.48. The third kappa shape index (κ3) is 3.50. The quantitative estimate of drug-likeness (QED) is 0.841. The third-order valence-corrected chi connectivity index (χ3v) is 4.09. The lowest BCUT2D eigenvalue weighted by molar-refractivity contribution is 0.237. The molecule has 0 aliphatic heterocycles. The number of carbonyl (C=O) groups is 1. The van der Waals surface area contributed by atoms with Crippen molar-refractivity contribution in [3.63, 3.8) is 0 Å². The highest BCUT2D eigenvalue weighted by atomic mass is 19.2. The van der Waals surface area contributed by atoms with E-state index >= 15 is 0 Å². The van der Waals surface area contributed by atoms with Gasteiger partial charge >= 0.3 is 6.03 Å². The Morgan fingerprint density at radius 3 is 2.46 bits per heavy atom. The second-order valence-electron chi connectivity index (χ2n) is 5.87. The molecule has 2 aromatic rings. The fourth-order valence-corrected chi connectivity index (χ4v) is 2.65. The van der Waals surface area contributed by atoms with Crippen LogP contribution in [0.3, 0.4) is 0 Å². The molecule has 1 aromatic heterocycles. The second-order valence-corrected chi connectivity index (χ2v) is 5.87. The average molecular weight is 335 g/mol. The van der Waals surface area contributed by atoms with Gasteiger partial charge in [0, 0.05) is 24.4 Å². The van der Waals surface area contributed by atoms with Crippen molar-refractivity contribution in [2.24, 2.45) is 0 Å². The van der Waals surface area contributed by atoms with E-state index in [9.17, 15) is 18.0 Å². The molecule has 1 aromatic carbocycles. The van der Waals surface area contributed by atoms with Gasteiger partial charge in [0.05, 0.1) is 6.04 Å². The predicted octanol–water partition coefficient (Wildman–Crippen LogP) is 3.42. The van der Waals surface area contributed by atoms with Crippen molar-refractivity contribution >= 4 is 6.03 Å². The Labute approximate surface area is 137 Å². The van der Waals surface area contributed by atoms with Crippen LogP contribution in [0.15, 0.2) is 36.7 Å². The minimum Gasteiger partial charge on any atom is -0.335 e. The fourth-order valence-electron chi connectivity index (χ4n) is 2.65. The van der Waals surface area contributed by atoms with Gasteiger partial charge in [0.1, 0.15) is 0 Å². The summed E-state index contributed by atoms with van der Waals surface area (Å²) in [6, 6.07) is 4.76. The van der Waals surface area contributed by atoms with Gasteiger partial charge in [0.25, 0.3) is 0 Å². The van der Waals surface area contributed by atoms with Crippen LogP contribution in [-0.2, 0) is 0 Å². The minimum absolute atomic E-state index is 0.203. The first kappa shape index (κ1) is 16.3. The Hall–Kier alpha value is -2.57. The van der Waals surface area contributed by atoms with Crippen LogP contribution in [0.2, 0.25) is 0 Å². The van der Waals surface area contributed by atoms with Crippen LogP contribution in [0, 0.1) is 17.5 Å². The number of amides is 2. The van der Waals surface area contributed by atoms with E-state index in [0.29, 0.717) is 12.0 Å². The van der Waals surface area contributed by atoms with Crippen molar-refractivity contribution in [1.82, 2.24) is 15.6 Å². The zero-order valence-electron chi connectivity index (χ0n) is 12.9. The average Bonchev–Trinajstić information content (AvgIpc) is 3.31. The largest absolute Gasteiger partial charge is 0.335 e. The molecule has 1 saturated carbocycles. The summed E-state index contributed by atoms with van der Waals surface area (Å²) in [4.78, 5) is 15.9. The zero-order valence-corrected chi connectivity index (χ0v) is 12.9. The molecule has 1 aliphatic carbocycles. The highest BCUT2D eigenvalue weighted by Crippen LogP contribution is 2.41. The van der Waals surface area contributed by atoms with Crippen molar-refractivity contribution in [2.45, 2.75) is 31.3 Å². The monoisotopic (exact) mass is 335 g/mol. The maximum absolute atomic E-state index is 13.3. The first-order valence-electron chi connectivity index (χ1n) is 7.57. The third-order valence-electron chi connectivity index (χ3n) is 4.09. The maximum atomic E-state index is 13.3. The number of nitrogens with one attached hydrogen (secondary N) is 2. The van der Waals surface area contributed by atoms with Crippen LogP contribution in [0.5, 0.6) is 0 Å². The van der Waals surface area contributed by atoms with E-state index in [0.717, 1.165) is 17.7 Å². The molecule has 2 amide bonds. The highest BCUT2D eigenvalue weighted by Gasteiger charge is 2.40. The Morgan fingerprint density at radius 1 is 1.21 bits per heavy atom. The number of hydrogen-bond acceptors (Lipinski definition) is 2. The van der Waals surface area contributed by atoms with Gasteiger partial charge in [-0.15, -0.1) is 0 Å². The van der Waals surface area contributed by atoms with Gasteiger partial charge in [-0.2, -0.15) is 0 Å². The van der Waals surface area contributed by atoms with E-state index in [-0.39, 0.29) is 24.0 Å². The van der Waals surface area contributed by atoms with Gasteiger partial charge in [-0.1, -0.05) is 0 Å². The Balaban J connectivity index is 1.56. The summed E-state index contributed by atoms with van der Waals surface area (Å²) in [7, 11) is 0. The van der Waals surface area contributed by atoms with Crippen LogP contribution in [-0.4, -0.2) is 17.1 Å². The van der Waals surface area contributed by atoms with Gasteiger partial charge in [-0.05, 0) is 48.7 Å². The SMILES string of the molecule is CC(NC(=O)N[C@@H]1C[C@H]1c1cc(F)c(F)c(F)c1)c1ccncc1. The molecule has 2 N–H and O–H groups in total. The lowest BCUT2D eigenvalue weighted by atomic mass is 10.1. The van der Waals surface area contributed by atoms with Crippen LogP contribution in [0.1, 0.15) is 36.4 Å². The molecular weight excluding hydrogens is 319 g/mol. The summed E-state index contributed by atoms with van der Waals surface area (Å²) in [5.41, 5.74) is 1.26. The Kier molecular flexibility index (Phi) is 4.42. The summed E-state index contributed by atoms with van der Waals surface area (Å²) in [6.45, 7) is 1.84. The van der Waals surface area contributed by atoms with Crippen molar-refractivity contribution in [2.75, 3.05) is 0 Å². The smallest absolute Gasteiger partial charge is 0.315 e. The predicted molar refractivity (Wildman–Crippen MR) is 81.8 cm³/mol. The summed E-state index contributed by atoms with van der Waals surface area (Å²) in [5.74, 6) is -4.12. The summed E-state index contributed by atoms with van der Waals surface area (Å²) < 4.78 is 39.5. The molecule has 1 unspecified atom stereocenters. The molecule has 0 radical (unpaired) electrons. The lowest BCUT2D eigenvalue weighted by Crippen LogP contribution is -2.38. The fraction of sp³-hybridized carbons (Fsp3) is 0.294. The number of carbonyl (C=O) groups excluding carboxylic acids is 1. The van der Waals surface area contributed by atoms with E-state index in [1.807, 2.05) is 6.92 Å². The Morgan fingerprint density at radius 2 is 1.83 bits per heavy atom. The van der Waals surface area contributed by atoms with Gasteiger partial charge in [0.15, 0.2) is 17.5 Å². The summed E-state index contributed by atoms with van der Waals surface area (Å²) in [6.07, 6.45) is 3.83. The first-order chi connectivity index (χ1) is 11.5. The second kappa shape index (κ2) is 6.51. The lowest BCUT2D eigenvalue weighted by Gasteiger charge is -2.15. The van der Waals surface area contributed by atoms with Crippen LogP contribution < -0.4 is 10.6 Å². The standard InChI is InChI=1S/C17H16F3N3O/c1-9(10-2-4-21-5-3-10)22-17(24)23-15-8-12(15)11-6-13(18)16(20)14(19)7-11/h2-7,9,12,15H,8H2,1H3,(H2,22,23,24)/t9?,12-,15+/m0/s1. The molecule has 1 heterocycles. The molecule has 4 nitrogen and oxygen atoms in total. The molecule has 1 fully saturated rings. The number of aromatic nitrogens is 1. The number of halogens is 3. The number of rotatable bonds is 4. The molecule has 0 bridgehead atoms. The molecule has 0 spiro atoms. The normalized spacial score (nSPS) is 20.3.